The standard InChI is InChI=1S/C27H30N2O5/c30-23(19-7-11-21(12-8-19)24(31)26(28-33)15-3-1-4-16-26)20-9-13-22(14-10-20)25(32)27(29-34)17-5-2-6-18-27/h7-14,23,30H,1-6,15-18H2. The number of rotatable bonds is 8. The van der Waals surface area contributed by atoms with Crippen LogP contribution in [0, 0.1) is 9.81 Å². The molecule has 7 heteroatoms. The van der Waals surface area contributed by atoms with Gasteiger partial charge >= 0.3 is 0 Å². The summed E-state index contributed by atoms with van der Waals surface area (Å²) in [5.74, 6) is -0.516. The minimum absolute atomic E-state index is 0.258. The van der Waals surface area contributed by atoms with Crippen molar-refractivity contribution in [2.24, 2.45) is 10.4 Å². The summed E-state index contributed by atoms with van der Waals surface area (Å²) < 4.78 is 0. The fraction of sp³-hybridized carbons (Fsp3) is 0.481. The quantitative estimate of drug-likeness (QED) is 0.378. The molecule has 0 aromatic heterocycles. The molecule has 0 unspecified atom stereocenters. The molecule has 2 aromatic carbocycles. The third kappa shape index (κ3) is 4.49. The molecule has 0 radical (unpaired) electrons. The second-order valence-corrected chi connectivity index (χ2v) is 9.67. The third-order valence-electron chi connectivity index (χ3n) is 7.53. The van der Waals surface area contributed by atoms with Gasteiger partial charge in [-0.05, 0) is 36.8 Å². The van der Waals surface area contributed by atoms with Crippen LogP contribution in [0.4, 0.5) is 0 Å². The first-order chi connectivity index (χ1) is 16.4. The third-order valence-corrected chi connectivity index (χ3v) is 7.53. The van der Waals surface area contributed by atoms with E-state index in [1.165, 1.54) is 0 Å². The molecule has 2 aliphatic carbocycles. The molecule has 7 nitrogen and oxygen atoms in total. The number of aliphatic hydroxyl groups excluding tert-OH is 1. The Labute approximate surface area is 198 Å². The molecule has 2 saturated carbocycles. The largest absolute Gasteiger partial charge is 0.384 e. The molecular formula is C27H30N2O5. The Morgan fingerprint density at radius 3 is 1.24 bits per heavy atom. The van der Waals surface area contributed by atoms with E-state index in [0.717, 1.165) is 38.5 Å². The predicted octanol–water partition coefficient (Wildman–Crippen LogP) is 6.07. The van der Waals surface area contributed by atoms with Crippen LogP contribution in [0.15, 0.2) is 58.9 Å². The molecular weight excluding hydrogens is 432 g/mol. The predicted molar refractivity (Wildman–Crippen MR) is 129 cm³/mol. The maximum Gasteiger partial charge on any atom is 0.193 e. The van der Waals surface area contributed by atoms with Gasteiger partial charge in [0, 0.05) is 11.1 Å². The van der Waals surface area contributed by atoms with E-state index >= 15 is 0 Å². The minimum Gasteiger partial charge on any atom is -0.384 e. The van der Waals surface area contributed by atoms with E-state index in [1.54, 1.807) is 48.5 Å². The van der Waals surface area contributed by atoms with E-state index in [2.05, 4.69) is 10.4 Å². The van der Waals surface area contributed by atoms with Crippen molar-refractivity contribution >= 4 is 11.6 Å². The average Bonchev–Trinajstić information content (AvgIpc) is 2.92. The summed E-state index contributed by atoms with van der Waals surface area (Å²) in [5.41, 5.74) is -0.342. The van der Waals surface area contributed by atoms with E-state index < -0.39 is 17.2 Å². The van der Waals surface area contributed by atoms with Gasteiger partial charge in [-0.25, -0.2) is 0 Å². The van der Waals surface area contributed by atoms with Crippen molar-refractivity contribution in [3.63, 3.8) is 0 Å². The molecule has 4 rings (SSSR count). The highest BCUT2D eigenvalue weighted by molar-refractivity contribution is 6.04. The Morgan fingerprint density at radius 2 is 0.941 bits per heavy atom. The van der Waals surface area contributed by atoms with Crippen LogP contribution in [0.3, 0.4) is 0 Å². The van der Waals surface area contributed by atoms with E-state index in [-0.39, 0.29) is 11.6 Å². The summed E-state index contributed by atoms with van der Waals surface area (Å²) >= 11 is 0. The first-order valence-corrected chi connectivity index (χ1v) is 12.1. The maximum atomic E-state index is 13.0. The summed E-state index contributed by atoms with van der Waals surface area (Å²) in [6.07, 6.45) is 6.24. The van der Waals surface area contributed by atoms with Crippen LogP contribution in [0.25, 0.3) is 0 Å². The lowest BCUT2D eigenvalue weighted by atomic mass is 9.77. The Kier molecular flexibility index (Phi) is 7.12. The second-order valence-electron chi connectivity index (χ2n) is 9.67. The second kappa shape index (κ2) is 10.1. The number of aliphatic hydroxyl groups is 1. The minimum atomic E-state index is -1.17. The summed E-state index contributed by atoms with van der Waals surface area (Å²) in [4.78, 5) is 49.0. The fourth-order valence-electron chi connectivity index (χ4n) is 5.36. The fourth-order valence-corrected chi connectivity index (χ4v) is 5.36. The lowest BCUT2D eigenvalue weighted by molar-refractivity contribution is 0.0843. The molecule has 34 heavy (non-hydrogen) atoms. The highest BCUT2D eigenvalue weighted by atomic mass is 16.3. The number of nitrogens with zero attached hydrogens (tertiary/aromatic N) is 2. The lowest BCUT2D eigenvalue weighted by Gasteiger charge is -2.29. The summed E-state index contributed by atoms with van der Waals surface area (Å²) in [7, 11) is 0. The van der Waals surface area contributed by atoms with E-state index in [4.69, 9.17) is 0 Å². The number of ketones is 2. The number of hydrogen-bond donors (Lipinski definition) is 1. The Hall–Kier alpha value is -3.06. The SMILES string of the molecule is O=NC1(C(=O)c2ccc(C(O)c3ccc(C(=O)C4(N=O)CCCCC4)cc3)cc2)CCCCC1. The zero-order chi connectivity index (χ0) is 24.2. The zero-order valence-electron chi connectivity index (χ0n) is 19.2. The zero-order valence-corrected chi connectivity index (χ0v) is 19.2. The van der Waals surface area contributed by atoms with Crippen LogP contribution in [0.1, 0.15) is 102 Å². The molecule has 178 valence electrons. The van der Waals surface area contributed by atoms with Gasteiger partial charge in [-0.2, -0.15) is 0 Å². The van der Waals surface area contributed by atoms with Crippen molar-refractivity contribution in [2.75, 3.05) is 0 Å². The Balaban J connectivity index is 1.48. The molecule has 0 spiro atoms. The van der Waals surface area contributed by atoms with Gasteiger partial charge in [-0.15, -0.1) is 9.81 Å². The first kappa shape index (κ1) is 24.1. The summed E-state index contributed by atoms with van der Waals surface area (Å²) in [6, 6.07) is 13.2. The van der Waals surface area contributed by atoms with Crippen molar-refractivity contribution < 1.29 is 14.7 Å². The van der Waals surface area contributed by atoms with Crippen LogP contribution < -0.4 is 0 Å². The molecule has 0 saturated heterocycles. The summed E-state index contributed by atoms with van der Waals surface area (Å²) in [6.45, 7) is 0. The van der Waals surface area contributed by atoms with Gasteiger partial charge in [0.15, 0.2) is 22.6 Å². The number of benzene rings is 2. The Bertz CT molecular complexity index is 964. The van der Waals surface area contributed by atoms with E-state index in [1.807, 2.05) is 0 Å². The van der Waals surface area contributed by atoms with Crippen LogP contribution in [-0.4, -0.2) is 27.8 Å². The van der Waals surface area contributed by atoms with Gasteiger partial charge in [0.2, 0.25) is 0 Å². The number of carbonyl (C=O) groups excluding carboxylic acids is 2. The number of carbonyl (C=O) groups is 2. The molecule has 2 aromatic rings. The highest BCUT2D eigenvalue weighted by Crippen LogP contribution is 2.36. The smallest absolute Gasteiger partial charge is 0.193 e. The number of Topliss-reactive ketones (excluding diaryl/α,β-unsaturated/α-hetero) is 2. The van der Waals surface area contributed by atoms with Crippen molar-refractivity contribution in [1.29, 1.82) is 0 Å². The Morgan fingerprint density at radius 1 is 0.618 bits per heavy atom. The van der Waals surface area contributed by atoms with Crippen molar-refractivity contribution in [2.45, 2.75) is 81.4 Å². The topological polar surface area (TPSA) is 113 Å². The molecule has 0 amide bonds. The van der Waals surface area contributed by atoms with Gasteiger partial charge < -0.3 is 5.11 Å². The van der Waals surface area contributed by atoms with Gasteiger partial charge in [0.25, 0.3) is 0 Å². The van der Waals surface area contributed by atoms with Crippen molar-refractivity contribution in [3.05, 3.63) is 80.6 Å². The molecule has 1 N–H and O–H groups in total. The molecule has 0 aliphatic heterocycles. The summed E-state index contributed by atoms with van der Waals surface area (Å²) in [5, 5.41) is 17.3. The number of hydrogen-bond acceptors (Lipinski definition) is 7. The average molecular weight is 463 g/mol. The molecule has 2 aliphatic rings. The normalized spacial score (nSPS) is 19.4. The van der Waals surface area contributed by atoms with Gasteiger partial charge in [-0.1, -0.05) is 97.4 Å². The highest BCUT2D eigenvalue weighted by Gasteiger charge is 2.42. The van der Waals surface area contributed by atoms with Crippen LogP contribution >= 0.6 is 0 Å². The van der Waals surface area contributed by atoms with Gasteiger partial charge in [0.05, 0.1) is 0 Å². The molecule has 0 atom stereocenters. The van der Waals surface area contributed by atoms with Crippen LogP contribution in [-0.2, 0) is 0 Å². The van der Waals surface area contributed by atoms with E-state index in [0.29, 0.717) is 47.9 Å². The van der Waals surface area contributed by atoms with E-state index in [9.17, 15) is 24.5 Å². The molecule has 0 bridgehead atoms. The van der Waals surface area contributed by atoms with Crippen LogP contribution in [0.2, 0.25) is 0 Å². The molecule has 2 fully saturated rings. The van der Waals surface area contributed by atoms with Crippen molar-refractivity contribution in [3.8, 4) is 0 Å². The molecule has 0 heterocycles. The van der Waals surface area contributed by atoms with Gasteiger partial charge in [0.1, 0.15) is 6.10 Å². The maximum absolute atomic E-state index is 13.0. The monoisotopic (exact) mass is 462 g/mol. The van der Waals surface area contributed by atoms with Crippen LogP contribution in [0.5, 0.6) is 0 Å². The van der Waals surface area contributed by atoms with Gasteiger partial charge in [-0.3, -0.25) is 9.59 Å². The number of nitroso groups, excluding NO2 is 2. The lowest BCUT2D eigenvalue weighted by Crippen LogP contribution is -2.38. The first-order valence-electron chi connectivity index (χ1n) is 12.1. The van der Waals surface area contributed by atoms with Crippen molar-refractivity contribution in [1.82, 2.24) is 0 Å².